The number of para-hydroxylation sites is 2. The summed E-state index contributed by atoms with van der Waals surface area (Å²) in [4.78, 5) is 40.7. The Morgan fingerprint density at radius 1 is 0.443 bits per heavy atom. The average Bonchev–Trinajstić information content (AvgIpc) is 4.51. The summed E-state index contributed by atoms with van der Waals surface area (Å²) in [6.07, 6.45) is 13.1. The van der Waals surface area contributed by atoms with Gasteiger partial charge in [-0.3, -0.25) is 9.59 Å². The van der Waals surface area contributed by atoms with Crippen LogP contribution in [-0.4, -0.2) is 52.2 Å². The van der Waals surface area contributed by atoms with Gasteiger partial charge >= 0.3 is 0 Å². The SMILES string of the molecule is CCCCCCCCN1C(=O)C2=C(c3ccc(-c4cc5c(ccc6nsnc65)c5nsnc45)s3)N(CCCCCCCC)C(=O)C2=C1c1ccc(-c2ccc(C#Cc3ccc(N(c4ccccc4)c4ccccc4)cc3)cc2)s1. The molecular formula is C66H59N7O2S4. The van der Waals surface area contributed by atoms with Gasteiger partial charge in [0.1, 0.15) is 22.1 Å². The maximum absolute atomic E-state index is 15.4. The van der Waals surface area contributed by atoms with Crippen LogP contribution >= 0.6 is 46.1 Å². The molecule has 0 saturated carbocycles. The molecule has 0 atom stereocenters. The van der Waals surface area contributed by atoms with Gasteiger partial charge < -0.3 is 14.7 Å². The number of unbranched alkanes of at least 4 members (excludes halogenated alkanes) is 10. The van der Waals surface area contributed by atoms with E-state index in [1.807, 2.05) is 28.0 Å². The number of thiophene rings is 2. The molecule has 0 bridgehead atoms. The van der Waals surface area contributed by atoms with Crippen molar-refractivity contribution in [2.24, 2.45) is 0 Å². The predicted octanol–water partition coefficient (Wildman–Crippen LogP) is 17.7. The number of hydrogen-bond donors (Lipinski definition) is 0. The van der Waals surface area contributed by atoms with Gasteiger partial charge in [-0.15, -0.1) is 22.7 Å². The van der Waals surface area contributed by atoms with Gasteiger partial charge in [0.25, 0.3) is 11.8 Å². The quantitative estimate of drug-likeness (QED) is 0.0522. The van der Waals surface area contributed by atoms with E-state index in [1.54, 1.807) is 22.7 Å². The summed E-state index contributed by atoms with van der Waals surface area (Å²) in [5, 5.41) is 1.98. The van der Waals surface area contributed by atoms with Crippen LogP contribution in [0.4, 0.5) is 17.1 Å². The molecule has 0 aliphatic carbocycles. The fraction of sp³-hybridized carbons (Fsp3) is 0.242. The van der Waals surface area contributed by atoms with E-state index in [9.17, 15) is 0 Å². The smallest absolute Gasteiger partial charge is 0.261 e. The Morgan fingerprint density at radius 3 is 1.52 bits per heavy atom. The van der Waals surface area contributed by atoms with Crippen molar-refractivity contribution in [2.45, 2.75) is 90.9 Å². The Labute approximate surface area is 478 Å². The first-order valence-corrected chi connectivity index (χ1v) is 30.8. The second-order valence-corrected chi connectivity index (χ2v) is 23.5. The molecule has 394 valence electrons. The minimum atomic E-state index is -0.0882. The van der Waals surface area contributed by atoms with Gasteiger partial charge in [-0.05, 0) is 122 Å². The zero-order valence-electron chi connectivity index (χ0n) is 44.4. The number of rotatable bonds is 21. The van der Waals surface area contributed by atoms with E-state index in [0.29, 0.717) is 24.2 Å². The zero-order valence-corrected chi connectivity index (χ0v) is 47.7. The number of hydrogen-bond acceptors (Lipinski definition) is 11. The molecular weight excluding hydrogens is 1050 g/mol. The van der Waals surface area contributed by atoms with E-state index in [2.05, 4.69) is 173 Å². The summed E-state index contributed by atoms with van der Waals surface area (Å²) in [5.74, 6) is 6.60. The Balaban J connectivity index is 0.867. The first kappa shape index (κ1) is 52.1. The zero-order chi connectivity index (χ0) is 53.7. The summed E-state index contributed by atoms with van der Waals surface area (Å²) in [5.41, 5.74) is 13.0. The van der Waals surface area contributed by atoms with Crippen molar-refractivity contribution >= 4 is 119 Å². The van der Waals surface area contributed by atoms with Gasteiger partial charge in [0, 0.05) is 67.4 Å². The first-order chi connectivity index (χ1) is 39.0. The third-order valence-electron chi connectivity index (χ3n) is 15.0. The van der Waals surface area contributed by atoms with Crippen molar-refractivity contribution in [3.05, 3.63) is 184 Å². The highest BCUT2D eigenvalue weighted by Gasteiger charge is 2.49. The third kappa shape index (κ3) is 10.6. The van der Waals surface area contributed by atoms with Crippen LogP contribution < -0.4 is 4.90 Å². The molecule has 10 aromatic rings. The number of anilines is 3. The van der Waals surface area contributed by atoms with E-state index in [4.69, 9.17) is 8.75 Å². The minimum Gasteiger partial charge on any atom is -0.311 e. The Hall–Kier alpha value is -7.60. The van der Waals surface area contributed by atoms with Crippen LogP contribution in [0.1, 0.15) is 112 Å². The average molecular weight is 1110 g/mol. The molecule has 9 nitrogen and oxygen atoms in total. The second-order valence-electron chi connectivity index (χ2n) is 20.3. The summed E-state index contributed by atoms with van der Waals surface area (Å²) < 4.78 is 18.8. The molecule has 79 heavy (non-hydrogen) atoms. The normalized spacial score (nSPS) is 13.4. The lowest BCUT2D eigenvalue weighted by molar-refractivity contribution is -0.124. The van der Waals surface area contributed by atoms with E-state index >= 15 is 9.59 Å². The molecule has 0 saturated heterocycles. The number of carbonyl (C=O) groups excluding carboxylic acids is 2. The van der Waals surface area contributed by atoms with Crippen molar-refractivity contribution in [3.63, 3.8) is 0 Å². The first-order valence-electron chi connectivity index (χ1n) is 27.7. The largest absolute Gasteiger partial charge is 0.311 e. The highest BCUT2D eigenvalue weighted by molar-refractivity contribution is 7.17. The van der Waals surface area contributed by atoms with Crippen LogP contribution in [0.5, 0.6) is 0 Å². The Kier molecular flexibility index (Phi) is 15.7. The molecule has 0 radical (unpaired) electrons. The highest BCUT2D eigenvalue weighted by Crippen LogP contribution is 2.51. The van der Waals surface area contributed by atoms with Crippen molar-refractivity contribution in [3.8, 4) is 32.7 Å². The van der Waals surface area contributed by atoms with Crippen molar-refractivity contribution in [2.75, 3.05) is 18.0 Å². The lowest BCUT2D eigenvalue weighted by atomic mass is 10.0. The second kappa shape index (κ2) is 23.8. The molecule has 12 rings (SSSR count). The fourth-order valence-electron chi connectivity index (χ4n) is 11.0. The lowest BCUT2D eigenvalue weighted by Gasteiger charge is -2.25. The van der Waals surface area contributed by atoms with Crippen LogP contribution in [0.25, 0.3) is 65.1 Å². The lowest BCUT2D eigenvalue weighted by Crippen LogP contribution is -2.30. The topological polar surface area (TPSA) is 95.4 Å². The summed E-state index contributed by atoms with van der Waals surface area (Å²) in [7, 11) is 0. The molecule has 0 spiro atoms. The molecule has 4 aromatic heterocycles. The minimum absolute atomic E-state index is 0.0882. The summed E-state index contributed by atoms with van der Waals surface area (Å²) in [6.45, 7) is 5.56. The Bertz CT molecular complexity index is 3920. The van der Waals surface area contributed by atoms with Gasteiger partial charge in [-0.25, -0.2) is 0 Å². The number of carbonyl (C=O) groups is 2. The van der Waals surface area contributed by atoms with Crippen molar-refractivity contribution in [1.29, 1.82) is 0 Å². The van der Waals surface area contributed by atoms with Crippen LogP contribution in [0.2, 0.25) is 0 Å². The molecule has 6 aromatic carbocycles. The van der Waals surface area contributed by atoms with Gasteiger partial charge in [0.2, 0.25) is 0 Å². The predicted molar refractivity (Wildman–Crippen MR) is 330 cm³/mol. The van der Waals surface area contributed by atoms with Gasteiger partial charge in [-0.1, -0.05) is 138 Å². The Morgan fingerprint density at radius 2 is 0.924 bits per heavy atom. The standard InChI is InChI=1S/C66H59N7O2S4/c1-3-5-7-9-11-19-41-71-63(56-39-37-54(76-56)46-31-27-44(28-32-46)25-26-45-29-33-49(34-30-45)73(47-21-15-13-16-22-47)48-23-17-14-18-24-48)58-59(66(71)75)64(72(65(58)74)42-20-12-10-8-6-4-2)57-40-38-55(77-57)52-43-51-50(61-62(52)70-79-69-61)35-36-53-60(51)68-78-67-53/h13-18,21-24,27-40,43H,3-12,19-20,41-42H2,1-2H3. The van der Waals surface area contributed by atoms with Crippen LogP contribution in [0.3, 0.4) is 0 Å². The molecule has 2 aliphatic heterocycles. The summed E-state index contributed by atoms with van der Waals surface area (Å²) >= 11 is 5.66. The van der Waals surface area contributed by atoms with E-state index in [1.165, 1.54) is 62.0 Å². The third-order valence-corrected chi connectivity index (χ3v) is 18.4. The van der Waals surface area contributed by atoms with Gasteiger partial charge in [-0.2, -0.15) is 17.5 Å². The molecule has 13 heteroatoms. The molecule has 0 N–H and O–H groups in total. The molecule has 2 aliphatic rings. The fourth-order valence-corrected chi connectivity index (χ4v) is 14.3. The number of amides is 2. The number of nitrogens with zero attached hydrogens (tertiary/aromatic N) is 7. The summed E-state index contributed by atoms with van der Waals surface area (Å²) in [6, 6.07) is 52.3. The number of benzene rings is 6. The monoisotopic (exact) mass is 1110 g/mol. The van der Waals surface area contributed by atoms with Crippen molar-refractivity contribution < 1.29 is 9.59 Å². The maximum atomic E-state index is 15.4. The van der Waals surface area contributed by atoms with Crippen LogP contribution in [0.15, 0.2) is 163 Å². The van der Waals surface area contributed by atoms with E-state index in [-0.39, 0.29) is 11.8 Å². The van der Waals surface area contributed by atoms with Gasteiger partial charge in [0.05, 0.1) is 55.8 Å². The maximum Gasteiger partial charge on any atom is 0.261 e. The molecule has 2 amide bonds. The van der Waals surface area contributed by atoms with E-state index in [0.717, 1.165) is 142 Å². The molecule has 6 heterocycles. The molecule has 0 fully saturated rings. The van der Waals surface area contributed by atoms with Crippen molar-refractivity contribution in [1.82, 2.24) is 27.3 Å². The van der Waals surface area contributed by atoms with Crippen LogP contribution in [-0.2, 0) is 9.59 Å². The number of fused-ring (bicyclic) bond motifs is 6. The highest BCUT2D eigenvalue weighted by atomic mass is 32.1. The van der Waals surface area contributed by atoms with Gasteiger partial charge in [0.15, 0.2) is 0 Å². The van der Waals surface area contributed by atoms with Crippen LogP contribution in [0, 0.1) is 11.8 Å². The van der Waals surface area contributed by atoms with E-state index < -0.39 is 0 Å². The number of aromatic nitrogens is 4. The molecule has 0 unspecified atom stereocenters.